The molecule has 0 amide bonds. The van der Waals surface area contributed by atoms with Crippen molar-refractivity contribution < 1.29 is 8.78 Å². The summed E-state index contributed by atoms with van der Waals surface area (Å²) in [4.78, 5) is 14.6. The van der Waals surface area contributed by atoms with Crippen LogP contribution in [0.15, 0.2) is 42.9 Å². The van der Waals surface area contributed by atoms with E-state index in [1.807, 2.05) is 29.2 Å². The Hall–Kier alpha value is -2.93. The fourth-order valence-electron chi connectivity index (χ4n) is 3.09. The summed E-state index contributed by atoms with van der Waals surface area (Å²) >= 11 is 0. The average molecular weight is 353 g/mol. The molecule has 0 aliphatic carbocycles. The number of aromatic nitrogens is 3. The lowest BCUT2D eigenvalue weighted by Crippen LogP contribution is -2.31. The van der Waals surface area contributed by atoms with E-state index < -0.39 is 11.6 Å². The second kappa shape index (κ2) is 6.76. The molecule has 2 aromatic heterocycles. The SMILES string of the molecule is Nc1ccc(-c2ncc3c(n2)CCN(Cc2c(F)cncc2F)C3)cc1. The van der Waals surface area contributed by atoms with Crippen molar-refractivity contribution in [3.63, 3.8) is 0 Å². The maximum Gasteiger partial charge on any atom is 0.159 e. The molecule has 1 aliphatic heterocycles. The van der Waals surface area contributed by atoms with Crippen LogP contribution in [0.5, 0.6) is 0 Å². The van der Waals surface area contributed by atoms with Gasteiger partial charge in [0.15, 0.2) is 5.82 Å². The van der Waals surface area contributed by atoms with Crippen LogP contribution in [0, 0.1) is 11.6 Å². The van der Waals surface area contributed by atoms with Crippen molar-refractivity contribution in [3.05, 3.63) is 71.3 Å². The number of fused-ring (bicyclic) bond motifs is 1. The van der Waals surface area contributed by atoms with Gasteiger partial charge in [0.05, 0.1) is 18.1 Å². The summed E-state index contributed by atoms with van der Waals surface area (Å²) in [5.41, 5.74) is 9.30. The van der Waals surface area contributed by atoms with Gasteiger partial charge in [0, 0.05) is 54.6 Å². The first-order valence-corrected chi connectivity index (χ1v) is 8.31. The van der Waals surface area contributed by atoms with Crippen molar-refractivity contribution in [2.75, 3.05) is 12.3 Å². The first-order valence-electron chi connectivity index (χ1n) is 8.31. The Morgan fingerprint density at radius 1 is 1.04 bits per heavy atom. The molecule has 2 N–H and O–H groups in total. The summed E-state index contributed by atoms with van der Waals surface area (Å²) in [6.45, 7) is 1.42. The summed E-state index contributed by atoms with van der Waals surface area (Å²) in [7, 11) is 0. The molecule has 26 heavy (non-hydrogen) atoms. The highest BCUT2D eigenvalue weighted by atomic mass is 19.1. The minimum absolute atomic E-state index is 0.0443. The Balaban J connectivity index is 1.54. The van der Waals surface area contributed by atoms with Gasteiger partial charge in [0.25, 0.3) is 0 Å². The molecule has 0 fully saturated rings. The summed E-state index contributed by atoms with van der Waals surface area (Å²) in [5.74, 6) is -0.583. The zero-order valence-electron chi connectivity index (χ0n) is 14.0. The van der Waals surface area contributed by atoms with Gasteiger partial charge in [0.1, 0.15) is 11.6 Å². The highest BCUT2D eigenvalue weighted by Crippen LogP contribution is 2.23. The summed E-state index contributed by atoms with van der Waals surface area (Å²) in [6, 6.07) is 7.41. The number of pyridine rings is 1. The molecule has 3 aromatic rings. The van der Waals surface area contributed by atoms with Crippen molar-refractivity contribution in [3.8, 4) is 11.4 Å². The number of rotatable bonds is 3. The number of benzene rings is 1. The summed E-state index contributed by atoms with van der Waals surface area (Å²) in [6.07, 6.45) is 4.57. The topological polar surface area (TPSA) is 67.9 Å². The lowest BCUT2D eigenvalue weighted by molar-refractivity contribution is 0.235. The van der Waals surface area contributed by atoms with Crippen LogP contribution in [0.4, 0.5) is 14.5 Å². The fourth-order valence-corrected chi connectivity index (χ4v) is 3.09. The molecule has 132 valence electrons. The van der Waals surface area contributed by atoms with Crippen molar-refractivity contribution in [2.45, 2.75) is 19.5 Å². The maximum atomic E-state index is 13.8. The number of nitrogens with two attached hydrogens (primary N) is 1. The first kappa shape index (κ1) is 16.5. The van der Waals surface area contributed by atoms with Gasteiger partial charge >= 0.3 is 0 Å². The molecule has 3 heterocycles. The number of nitrogens with zero attached hydrogens (tertiary/aromatic N) is 4. The number of halogens is 2. The molecular formula is C19H17F2N5. The quantitative estimate of drug-likeness (QED) is 0.733. The van der Waals surface area contributed by atoms with E-state index in [0.717, 1.165) is 29.2 Å². The minimum Gasteiger partial charge on any atom is -0.399 e. The molecule has 7 heteroatoms. The molecule has 0 radical (unpaired) electrons. The van der Waals surface area contributed by atoms with E-state index in [4.69, 9.17) is 5.73 Å². The second-order valence-electron chi connectivity index (χ2n) is 6.33. The van der Waals surface area contributed by atoms with Gasteiger partial charge in [0.2, 0.25) is 0 Å². The Morgan fingerprint density at radius 2 is 1.77 bits per heavy atom. The normalized spacial score (nSPS) is 14.2. The standard InChI is InChI=1S/C19H17F2N5/c20-16-8-23-9-17(21)15(16)11-26-6-5-18-13(10-26)7-24-19(25-18)12-1-3-14(22)4-2-12/h1-4,7-9H,5-6,10-11,22H2. The van der Waals surface area contributed by atoms with Crippen LogP contribution < -0.4 is 5.73 Å². The molecule has 0 saturated heterocycles. The Morgan fingerprint density at radius 3 is 2.50 bits per heavy atom. The average Bonchev–Trinajstić information content (AvgIpc) is 2.65. The monoisotopic (exact) mass is 353 g/mol. The predicted octanol–water partition coefficient (Wildman–Crippen LogP) is 2.96. The molecular weight excluding hydrogens is 336 g/mol. The van der Waals surface area contributed by atoms with Crippen LogP contribution in [0.25, 0.3) is 11.4 Å². The van der Waals surface area contributed by atoms with Crippen molar-refractivity contribution in [2.24, 2.45) is 0 Å². The van der Waals surface area contributed by atoms with Crippen molar-refractivity contribution >= 4 is 5.69 Å². The molecule has 0 bridgehead atoms. The van der Waals surface area contributed by atoms with E-state index >= 15 is 0 Å². The molecule has 0 saturated carbocycles. The number of hydrogen-bond acceptors (Lipinski definition) is 5. The van der Waals surface area contributed by atoms with Crippen LogP contribution in [-0.2, 0) is 19.5 Å². The van der Waals surface area contributed by atoms with Crippen LogP contribution in [0.2, 0.25) is 0 Å². The van der Waals surface area contributed by atoms with E-state index in [1.54, 1.807) is 6.20 Å². The van der Waals surface area contributed by atoms with E-state index in [1.165, 1.54) is 0 Å². The largest absolute Gasteiger partial charge is 0.399 e. The van der Waals surface area contributed by atoms with E-state index in [-0.39, 0.29) is 12.1 Å². The molecule has 1 aromatic carbocycles. The predicted molar refractivity (Wildman–Crippen MR) is 93.9 cm³/mol. The third-order valence-electron chi connectivity index (χ3n) is 4.52. The Labute approximate surface area is 149 Å². The first-order chi connectivity index (χ1) is 12.6. The summed E-state index contributed by atoms with van der Waals surface area (Å²) in [5, 5.41) is 0. The van der Waals surface area contributed by atoms with Gasteiger partial charge in [-0.3, -0.25) is 9.88 Å². The van der Waals surface area contributed by atoms with Gasteiger partial charge in [-0.25, -0.2) is 18.7 Å². The third kappa shape index (κ3) is 3.25. The number of nitrogen functional groups attached to an aromatic ring is 1. The summed E-state index contributed by atoms with van der Waals surface area (Å²) < 4.78 is 27.6. The van der Waals surface area contributed by atoms with Gasteiger partial charge in [-0.05, 0) is 24.3 Å². The zero-order valence-corrected chi connectivity index (χ0v) is 14.0. The van der Waals surface area contributed by atoms with Crippen LogP contribution in [0.1, 0.15) is 16.8 Å². The third-order valence-corrected chi connectivity index (χ3v) is 4.52. The molecule has 5 nitrogen and oxygen atoms in total. The minimum atomic E-state index is -0.620. The van der Waals surface area contributed by atoms with Crippen molar-refractivity contribution in [1.29, 1.82) is 0 Å². The zero-order chi connectivity index (χ0) is 18.1. The molecule has 4 rings (SSSR count). The van der Waals surface area contributed by atoms with E-state index in [9.17, 15) is 8.78 Å². The Bertz CT molecular complexity index is 923. The fraction of sp³-hybridized carbons (Fsp3) is 0.211. The molecule has 0 unspecified atom stereocenters. The number of anilines is 1. The maximum absolute atomic E-state index is 13.8. The Kier molecular flexibility index (Phi) is 4.30. The lowest BCUT2D eigenvalue weighted by atomic mass is 10.1. The smallest absolute Gasteiger partial charge is 0.159 e. The van der Waals surface area contributed by atoms with Gasteiger partial charge in [-0.2, -0.15) is 0 Å². The molecule has 0 atom stereocenters. The molecule has 1 aliphatic rings. The highest BCUT2D eigenvalue weighted by Gasteiger charge is 2.21. The van der Waals surface area contributed by atoms with Crippen LogP contribution in [-0.4, -0.2) is 26.4 Å². The lowest BCUT2D eigenvalue weighted by Gasteiger charge is -2.28. The van der Waals surface area contributed by atoms with Gasteiger partial charge in [-0.1, -0.05) is 0 Å². The van der Waals surface area contributed by atoms with Crippen molar-refractivity contribution in [1.82, 2.24) is 19.9 Å². The molecule has 0 spiro atoms. The van der Waals surface area contributed by atoms with E-state index in [0.29, 0.717) is 31.0 Å². The second-order valence-corrected chi connectivity index (χ2v) is 6.33. The number of hydrogen-bond donors (Lipinski definition) is 1. The van der Waals surface area contributed by atoms with Gasteiger partial charge in [-0.15, -0.1) is 0 Å². The van der Waals surface area contributed by atoms with Crippen LogP contribution >= 0.6 is 0 Å². The van der Waals surface area contributed by atoms with Crippen LogP contribution in [0.3, 0.4) is 0 Å². The highest BCUT2D eigenvalue weighted by molar-refractivity contribution is 5.58. The van der Waals surface area contributed by atoms with E-state index in [2.05, 4.69) is 15.0 Å². The van der Waals surface area contributed by atoms with Gasteiger partial charge < -0.3 is 5.73 Å².